The molecule has 1 heterocycles. The van der Waals surface area contributed by atoms with Crippen LogP contribution < -0.4 is 10.1 Å². The van der Waals surface area contributed by atoms with Crippen LogP contribution in [0.3, 0.4) is 0 Å². The van der Waals surface area contributed by atoms with Gasteiger partial charge in [-0.2, -0.15) is 0 Å². The van der Waals surface area contributed by atoms with Crippen molar-refractivity contribution in [2.75, 3.05) is 7.11 Å². The molecule has 2 aromatic rings. The van der Waals surface area contributed by atoms with E-state index in [1.807, 2.05) is 18.2 Å². The number of nitrogens with one attached hydrogen (secondary N) is 1. The van der Waals surface area contributed by atoms with Crippen LogP contribution in [0.4, 0.5) is 0 Å². The first-order valence-electron chi connectivity index (χ1n) is 7.30. The maximum atomic E-state index is 12.6. The number of aryl methyl sites for hydroxylation is 1. The summed E-state index contributed by atoms with van der Waals surface area (Å²) < 4.78 is 5.34. The lowest BCUT2D eigenvalue weighted by atomic mass is 9.80. The van der Waals surface area contributed by atoms with Gasteiger partial charge in [-0.15, -0.1) is 0 Å². The first-order valence-corrected chi connectivity index (χ1v) is 7.30. The molecule has 1 N–H and O–H groups in total. The van der Waals surface area contributed by atoms with Gasteiger partial charge in [0.15, 0.2) is 0 Å². The van der Waals surface area contributed by atoms with Gasteiger partial charge in [-0.25, -0.2) is 0 Å². The van der Waals surface area contributed by atoms with Crippen molar-refractivity contribution in [1.29, 1.82) is 0 Å². The van der Waals surface area contributed by atoms with Crippen LogP contribution in [0.15, 0.2) is 42.5 Å². The molecule has 1 atom stereocenters. The predicted octanol–water partition coefficient (Wildman–Crippen LogP) is 2.82. The van der Waals surface area contributed by atoms with Crippen LogP contribution in [0.1, 0.15) is 33.5 Å². The van der Waals surface area contributed by atoms with Gasteiger partial charge in [-0.3, -0.25) is 4.79 Å². The maximum absolute atomic E-state index is 12.6. The van der Waals surface area contributed by atoms with Gasteiger partial charge in [0, 0.05) is 6.42 Å². The largest absolute Gasteiger partial charge is 0.496 e. The van der Waals surface area contributed by atoms with Crippen LogP contribution in [0, 0.1) is 0 Å². The van der Waals surface area contributed by atoms with E-state index in [9.17, 15) is 4.79 Å². The minimum atomic E-state index is -0.243. The fourth-order valence-corrected chi connectivity index (χ4v) is 3.80. The van der Waals surface area contributed by atoms with Gasteiger partial charge in [0.1, 0.15) is 5.75 Å². The number of fused-ring (bicyclic) bond motifs is 3. The summed E-state index contributed by atoms with van der Waals surface area (Å²) in [6.07, 6.45) is 2.83. The summed E-state index contributed by atoms with van der Waals surface area (Å²) in [7, 11) is 1.61. The van der Waals surface area contributed by atoms with E-state index >= 15 is 0 Å². The summed E-state index contributed by atoms with van der Waals surface area (Å²) >= 11 is 0. The van der Waals surface area contributed by atoms with Crippen molar-refractivity contribution in [2.45, 2.75) is 24.8 Å². The van der Waals surface area contributed by atoms with E-state index in [1.54, 1.807) is 7.11 Å². The number of rotatable bonds is 1. The Bertz CT molecular complexity index is 738. The smallest absolute Gasteiger partial charge is 0.256 e. The van der Waals surface area contributed by atoms with Crippen molar-refractivity contribution in [3.63, 3.8) is 0 Å². The first kappa shape index (κ1) is 12.5. The van der Waals surface area contributed by atoms with Gasteiger partial charge in [0.05, 0.1) is 18.2 Å². The highest BCUT2D eigenvalue weighted by molar-refractivity contribution is 6.00. The first-order chi connectivity index (χ1) is 10.2. The summed E-state index contributed by atoms with van der Waals surface area (Å²) in [5.41, 5.74) is 4.15. The zero-order valence-electron chi connectivity index (χ0n) is 12.0. The molecule has 4 rings (SSSR count). The normalized spacial score (nSPS) is 22.6. The molecule has 0 saturated carbocycles. The fraction of sp³-hybridized carbons (Fsp3) is 0.278. The Labute approximate surface area is 123 Å². The van der Waals surface area contributed by atoms with Gasteiger partial charge in [-0.05, 0) is 35.6 Å². The minimum absolute atomic E-state index is 0.0228. The van der Waals surface area contributed by atoms with Crippen molar-refractivity contribution in [1.82, 2.24) is 5.32 Å². The van der Waals surface area contributed by atoms with Crippen molar-refractivity contribution in [3.05, 3.63) is 64.7 Å². The zero-order valence-corrected chi connectivity index (χ0v) is 12.0. The Kier molecular flexibility index (Phi) is 2.58. The standard InChI is InChI=1S/C18H17NO2/c1-21-15-8-4-6-13-11-18(19-17(20)16(13)15)10-9-12-5-2-3-7-14(12)18/h2-8H,9-11H2,1H3,(H,19,20). The van der Waals surface area contributed by atoms with Crippen molar-refractivity contribution < 1.29 is 9.53 Å². The highest BCUT2D eigenvalue weighted by Crippen LogP contribution is 2.43. The summed E-state index contributed by atoms with van der Waals surface area (Å²) in [6.45, 7) is 0. The monoisotopic (exact) mass is 279 g/mol. The number of ether oxygens (including phenoxy) is 1. The lowest BCUT2D eigenvalue weighted by Crippen LogP contribution is -2.49. The van der Waals surface area contributed by atoms with Crippen LogP contribution in [0.2, 0.25) is 0 Å². The molecule has 0 aromatic heterocycles. The van der Waals surface area contributed by atoms with Crippen molar-refractivity contribution in [2.24, 2.45) is 0 Å². The third-order valence-corrected chi connectivity index (χ3v) is 4.76. The van der Waals surface area contributed by atoms with Gasteiger partial charge < -0.3 is 10.1 Å². The minimum Gasteiger partial charge on any atom is -0.496 e. The lowest BCUT2D eigenvalue weighted by molar-refractivity contribution is 0.0872. The number of amides is 1. The molecule has 0 saturated heterocycles. The van der Waals surface area contributed by atoms with E-state index in [-0.39, 0.29) is 11.4 Å². The van der Waals surface area contributed by atoms with Crippen LogP contribution in [-0.4, -0.2) is 13.0 Å². The molecule has 1 amide bonds. The molecular formula is C18H17NO2. The average Bonchev–Trinajstić information content (AvgIpc) is 2.85. The molecule has 3 nitrogen and oxygen atoms in total. The third-order valence-electron chi connectivity index (χ3n) is 4.76. The molecule has 1 unspecified atom stereocenters. The summed E-state index contributed by atoms with van der Waals surface area (Å²) in [5, 5.41) is 3.26. The molecule has 0 fully saturated rings. The van der Waals surface area contributed by atoms with Crippen LogP contribution >= 0.6 is 0 Å². The Balaban J connectivity index is 1.85. The van der Waals surface area contributed by atoms with E-state index in [1.165, 1.54) is 11.1 Å². The Hall–Kier alpha value is -2.29. The second kappa shape index (κ2) is 4.35. The Morgan fingerprint density at radius 2 is 1.90 bits per heavy atom. The Morgan fingerprint density at radius 1 is 1.10 bits per heavy atom. The number of benzene rings is 2. The topological polar surface area (TPSA) is 38.3 Å². The van der Waals surface area contributed by atoms with Gasteiger partial charge >= 0.3 is 0 Å². The SMILES string of the molecule is COc1cccc2c1C(=O)NC1(CCc3ccccc31)C2. The predicted molar refractivity (Wildman–Crippen MR) is 80.6 cm³/mol. The molecule has 0 radical (unpaired) electrons. The molecule has 21 heavy (non-hydrogen) atoms. The van der Waals surface area contributed by atoms with Gasteiger partial charge in [0.25, 0.3) is 5.91 Å². The molecule has 1 aliphatic heterocycles. The average molecular weight is 279 g/mol. The summed E-state index contributed by atoms with van der Waals surface area (Å²) in [6, 6.07) is 14.3. The van der Waals surface area contributed by atoms with E-state index in [0.29, 0.717) is 11.3 Å². The van der Waals surface area contributed by atoms with E-state index < -0.39 is 0 Å². The molecule has 106 valence electrons. The second-order valence-electron chi connectivity index (χ2n) is 5.86. The van der Waals surface area contributed by atoms with E-state index in [4.69, 9.17) is 4.74 Å². The van der Waals surface area contributed by atoms with E-state index in [0.717, 1.165) is 24.8 Å². The second-order valence-corrected chi connectivity index (χ2v) is 5.86. The molecular weight excluding hydrogens is 262 g/mol. The number of methoxy groups -OCH3 is 1. The number of hydrogen-bond acceptors (Lipinski definition) is 2. The molecule has 0 bridgehead atoms. The van der Waals surface area contributed by atoms with Crippen LogP contribution in [0.25, 0.3) is 0 Å². The maximum Gasteiger partial charge on any atom is 0.256 e. The molecule has 2 aliphatic rings. The number of carbonyl (C=O) groups excluding carboxylic acids is 1. The molecule has 3 heteroatoms. The summed E-state index contributed by atoms with van der Waals surface area (Å²) in [5.74, 6) is 0.636. The van der Waals surface area contributed by atoms with Crippen LogP contribution in [-0.2, 0) is 18.4 Å². The number of carbonyl (C=O) groups is 1. The third kappa shape index (κ3) is 1.70. The fourth-order valence-electron chi connectivity index (χ4n) is 3.80. The Morgan fingerprint density at radius 3 is 2.76 bits per heavy atom. The van der Waals surface area contributed by atoms with E-state index in [2.05, 4.69) is 29.6 Å². The quantitative estimate of drug-likeness (QED) is 0.871. The van der Waals surface area contributed by atoms with Gasteiger partial charge in [-0.1, -0.05) is 36.4 Å². The molecule has 2 aromatic carbocycles. The lowest BCUT2D eigenvalue weighted by Gasteiger charge is -2.37. The molecule has 1 aliphatic carbocycles. The van der Waals surface area contributed by atoms with Crippen LogP contribution in [0.5, 0.6) is 5.75 Å². The molecule has 1 spiro atoms. The van der Waals surface area contributed by atoms with Crippen molar-refractivity contribution in [3.8, 4) is 5.75 Å². The zero-order chi connectivity index (χ0) is 14.4. The number of hydrogen-bond donors (Lipinski definition) is 1. The highest BCUT2D eigenvalue weighted by atomic mass is 16.5. The summed E-state index contributed by atoms with van der Waals surface area (Å²) in [4.78, 5) is 12.6. The highest BCUT2D eigenvalue weighted by Gasteiger charge is 2.44. The van der Waals surface area contributed by atoms with Gasteiger partial charge in [0.2, 0.25) is 0 Å². The van der Waals surface area contributed by atoms with Crippen molar-refractivity contribution >= 4 is 5.91 Å².